The fourth-order valence-corrected chi connectivity index (χ4v) is 1.38. The second-order valence-electron chi connectivity index (χ2n) is 4.99. The van der Waals surface area contributed by atoms with E-state index < -0.39 is 17.5 Å². The van der Waals surface area contributed by atoms with Crippen molar-refractivity contribution in [3.63, 3.8) is 0 Å². The van der Waals surface area contributed by atoms with Crippen molar-refractivity contribution in [2.75, 3.05) is 12.8 Å². The van der Waals surface area contributed by atoms with E-state index in [9.17, 15) is 9.59 Å². The van der Waals surface area contributed by atoms with Gasteiger partial charge in [-0.15, -0.1) is 0 Å². The number of anilines is 1. The zero-order valence-corrected chi connectivity index (χ0v) is 11.5. The number of nitrogens with zero attached hydrogens (tertiary/aromatic N) is 1. The SMILES string of the molecule is COC(=O)Cc1ccnc(C(=O)OC(C)(C)C)c1N. The van der Waals surface area contributed by atoms with Crippen LogP contribution in [0.25, 0.3) is 0 Å². The molecule has 0 radical (unpaired) electrons. The first-order chi connectivity index (χ1) is 8.74. The monoisotopic (exact) mass is 266 g/mol. The minimum atomic E-state index is -0.635. The van der Waals surface area contributed by atoms with Crippen LogP contribution in [0.4, 0.5) is 5.69 Å². The Hall–Kier alpha value is -2.11. The number of aromatic nitrogens is 1. The van der Waals surface area contributed by atoms with Crippen LogP contribution in [0.15, 0.2) is 12.3 Å². The van der Waals surface area contributed by atoms with Crippen LogP contribution < -0.4 is 5.73 Å². The van der Waals surface area contributed by atoms with Crippen molar-refractivity contribution < 1.29 is 19.1 Å². The molecule has 0 saturated heterocycles. The highest BCUT2D eigenvalue weighted by Gasteiger charge is 2.22. The molecule has 0 atom stereocenters. The molecule has 0 saturated carbocycles. The molecule has 1 aromatic heterocycles. The Balaban J connectivity index is 3.00. The first-order valence-corrected chi connectivity index (χ1v) is 5.78. The summed E-state index contributed by atoms with van der Waals surface area (Å²) in [4.78, 5) is 27.0. The van der Waals surface area contributed by atoms with E-state index in [1.807, 2.05) is 0 Å². The number of pyridine rings is 1. The number of carbonyl (C=O) groups excluding carboxylic acids is 2. The van der Waals surface area contributed by atoms with Crippen LogP contribution in [0.2, 0.25) is 0 Å². The zero-order valence-electron chi connectivity index (χ0n) is 11.5. The maximum Gasteiger partial charge on any atom is 0.359 e. The molecule has 0 aliphatic heterocycles. The highest BCUT2D eigenvalue weighted by Crippen LogP contribution is 2.19. The van der Waals surface area contributed by atoms with E-state index in [1.165, 1.54) is 13.3 Å². The van der Waals surface area contributed by atoms with Gasteiger partial charge in [-0.1, -0.05) is 0 Å². The Morgan fingerprint density at radius 1 is 1.37 bits per heavy atom. The van der Waals surface area contributed by atoms with E-state index >= 15 is 0 Å². The van der Waals surface area contributed by atoms with E-state index in [4.69, 9.17) is 10.5 Å². The standard InChI is InChI=1S/C13H18N2O4/c1-13(2,3)19-12(17)11-10(14)8(5-6-15-11)7-9(16)18-4/h5-6H,7,14H2,1-4H3. The molecule has 0 spiro atoms. The van der Waals surface area contributed by atoms with Gasteiger partial charge in [-0.2, -0.15) is 0 Å². The van der Waals surface area contributed by atoms with Gasteiger partial charge < -0.3 is 15.2 Å². The second-order valence-corrected chi connectivity index (χ2v) is 4.99. The van der Waals surface area contributed by atoms with Crippen molar-refractivity contribution in [2.24, 2.45) is 0 Å². The molecule has 19 heavy (non-hydrogen) atoms. The van der Waals surface area contributed by atoms with E-state index in [2.05, 4.69) is 9.72 Å². The number of hydrogen-bond acceptors (Lipinski definition) is 6. The van der Waals surface area contributed by atoms with Gasteiger partial charge in [0.1, 0.15) is 5.60 Å². The largest absolute Gasteiger partial charge is 0.469 e. The number of carbonyl (C=O) groups is 2. The van der Waals surface area contributed by atoms with Crippen LogP contribution in [0.1, 0.15) is 36.8 Å². The summed E-state index contributed by atoms with van der Waals surface area (Å²) in [5, 5.41) is 0. The lowest BCUT2D eigenvalue weighted by molar-refractivity contribution is -0.139. The van der Waals surface area contributed by atoms with Crippen LogP contribution in [-0.2, 0) is 20.7 Å². The van der Waals surface area contributed by atoms with E-state index in [0.29, 0.717) is 5.56 Å². The van der Waals surface area contributed by atoms with Crippen LogP contribution in [0.3, 0.4) is 0 Å². The molecule has 0 amide bonds. The third-order valence-electron chi connectivity index (χ3n) is 2.24. The normalized spacial score (nSPS) is 10.9. The number of nitrogens with two attached hydrogens (primary N) is 1. The van der Waals surface area contributed by atoms with Gasteiger partial charge in [-0.05, 0) is 32.4 Å². The molecule has 1 rings (SSSR count). The molecule has 0 aliphatic carbocycles. The lowest BCUT2D eigenvalue weighted by Crippen LogP contribution is -2.25. The molecular weight excluding hydrogens is 248 g/mol. The number of rotatable bonds is 3. The molecule has 1 aromatic rings. The predicted molar refractivity (Wildman–Crippen MR) is 69.5 cm³/mol. The fourth-order valence-electron chi connectivity index (χ4n) is 1.38. The van der Waals surface area contributed by atoms with E-state index in [1.54, 1.807) is 26.8 Å². The van der Waals surface area contributed by atoms with Crippen molar-refractivity contribution in [1.29, 1.82) is 0 Å². The molecule has 6 heteroatoms. The van der Waals surface area contributed by atoms with Gasteiger partial charge in [-0.25, -0.2) is 9.78 Å². The van der Waals surface area contributed by atoms with E-state index in [-0.39, 0.29) is 17.8 Å². The van der Waals surface area contributed by atoms with Gasteiger partial charge >= 0.3 is 11.9 Å². The van der Waals surface area contributed by atoms with Crippen molar-refractivity contribution in [3.05, 3.63) is 23.5 Å². The zero-order chi connectivity index (χ0) is 14.6. The molecular formula is C13H18N2O4. The summed E-state index contributed by atoms with van der Waals surface area (Å²) in [7, 11) is 1.29. The first kappa shape index (κ1) is 14.9. The summed E-state index contributed by atoms with van der Waals surface area (Å²) in [5.74, 6) is -1.05. The maximum absolute atomic E-state index is 11.9. The van der Waals surface area contributed by atoms with Gasteiger partial charge in [0.25, 0.3) is 0 Å². The van der Waals surface area contributed by atoms with Crippen molar-refractivity contribution in [2.45, 2.75) is 32.8 Å². The lowest BCUT2D eigenvalue weighted by atomic mass is 10.1. The average Bonchev–Trinajstić information content (AvgIpc) is 2.29. The minimum absolute atomic E-state index is 0.0105. The molecule has 6 nitrogen and oxygen atoms in total. The van der Waals surface area contributed by atoms with Crippen molar-refractivity contribution in [3.8, 4) is 0 Å². The Morgan fingerprint density at radius 2 is 2.00 bits per heavy atom. The molecule has 104 valence electrons. The van der Waals surface area contributed by atoms with Gasteiger partial charge in [-0.3, -0.25) is 4.79 Å². The van der Waals surface area contributed by atoms with E-state index in [0.717, 1.165) is 0 Å². The molecule has 0 fully saturated rings. The van der Waals surface area contributed by atoms with Crippen LogP contribution in [0, 0.1) is 0 Å². The topological polar surface area (TPSA) is 91.5 Å². The predicted octanol–water partition coefficient (Wildman–Crippen LogP) is 1.33. The molecule has 0 aromatic carbocycles. The Labute approximate surface area is 111 Å². The summed E-state index contributed by atoms with van der Waals surface area (Å²) < 4.78 is 9.75. The molecule has 0 aliphatic rings. The summed E-state index contributed by atoms with van der Waals surface area (Å²) in [6.07, 6.45) is 1.40. The maximum atomic E-state index is 11.9. The number of hydrogen-bond donors (Lipinski definition) is 1. The summed E-state index contributed by atoms with van der Waals surface area (Å²) in [6, 6.07) is 1.57. The van der Waals surface area contributed by atoms with Crippen LogP contribution in [0.5, 0.6) is 0 Å². The van der Waals surface area contributed by atoms with Gasteiger partial charge in [0.05, 0.1) is 19.2 Å². The Kier molecular flexibility index (Phi) is 4.47. The summed E-state index contributed by atoms with van der Waals surface area (Å²) in [6.45, 7) is 5.25. The lowest BCUT2D eigenvalue weighted by Gasteiger charge is -2.20. The van der Waals surface area contributed by atoms with Crippen LogP contribution >= 0.6 is 0 Å². The summed E-state index contributed by atoms with van der Waals surface area (Å²) >= 11 is 0. The Bertz CT molecular complexity index is 492. The highest BCUT2D eigenvalue weighted by atomic mass is 16.6. The second kappa shape index (κ2) is 5.69. The van der Waals surface area contributed by atoms with Crippen molar-refractivity contribution >= 4 is 17.6 Å². The van der Waals surface area contributed by atoms with Gasteiger partial charge in [0, 0.05) is 6.20 Å². The number of methoxy groups -OCH3 is 1. The van der Waals surface area contributed by atoms with Gasteiger partial charge in [0.15, 0.2) is 5.69 Å². The number of ether oxygens (including phenoxy) is 2. The molecule has 0 bridgehead atoms. The molecule has 2 N–H and O–H groups in total. The summed E-state index contributed by atoms with van der Waals surface area (Å²) in [5.41, 5.74) is 5.84. The van der Waals surface area contributed by atoms with Gasteiger partial charge in [0.2, 0.25) is 0 Å². The fraction of sp³-hybridized carbons (Fsp3) is 0.462. The quantitative estimate of drug-likeness (QED) is 0.830. The number of nitrogen functional groups attached to an aromatic ring is 1. The highest BCUT2D eigenvalue weighted by molar-refractivity contribution is 5.94. The minimum Gasteiger partial charge on any atom is -0.469 e. The molecule has 0 unspecified atom stereocenters. The average molecular weight is 266 g/mol. The number of esters is 2. The van der Waals surface area contributed by atoms with Crippen LogP contribution in [-0.4, -0.2) is 29.6 Å². The first-order valence-electron chi connectivity index (χ1n) is 5.78. The third kappa shape index (κ3) is 4.24. The smallest absolute Gasteiger partial charge is 0.359 e. The molecule has 1 heterocycles. The Morgan fingerprint density at radius 3 is 2.53 bits per heavy atom. The van der Waals surface area contributed by atoms with Crippen molar-refractivity contribution in [1.82, 2.24) is 4.98 Å². The third-order valence-corrected chi connectivity index (χ3v) is 2.24.